The van der Waals surface area contributed by atoms with E-state index in [-0.39, 0.29) is 5.96 Å². The van der Waals surface area contributed by atoms with E-state index in [9.17, 15) is 0 Å². The van der Waals surface area contributed by atoms with Crippen LogP contribution in [0.25, 0.3) is 5.69 Å². The van der Waals surface area contributed by atoms with Gasteiger partial charge in [0.05, 0.1) is 18.1 Å². The minimum absolute atomic E-state index is 0.161. The summed E-state index contributed by atoms with van der Waals surface area (Å²) in [5, 5.41) is 7.85. The molecule has 1 heterocycles. The fraction of sp³-hybridized carbons (Fsp3) is 0.438. The van der Waals surface area contributed by atoms with Crippen molar-refractivity contribution in [3.8, 4) is 5.69 Å². The highest BCUT2D eigenvalue weighted by molar-refractivity contribution is 5.75. The average Bonchev–Trinajstić information content (AvgIpc) is 3.02. The number of hydrogen-bond acceptors (Lipinski definition) is 3. The van der Waals surface area contributed by atoms with Gasteiger partial charge in [-0.2, -0.15) is 0 Å². The summed E-state index contributed by atoms with van der Waals surface area (Å²) < 4.78 is 1.77. The molecule has 2 aromatic rings. The topological polar surface area (TPSA) is 95.1 Å². The fourth-order valence-electron chi connectivity index (χ4n) is 2.11. The number of hydrogen-bond donors (Lipinski definition) is 2. The van der Waals surface area contributed by atoms with E-state index in [1.807, 2.05) is 20.0 Å². The quantitative estimate of drug-likeness (QED) is 0.486. The van der Waals surface area contributed by atoms with Crippen LogP contribution in [-0.2, 0) is 6.42 Å². The van der Waals surface area contributed by atoms with Crippen molar-refractivity contribution in [1.29, 1.82) is 0 Å². The molecule has 22 heavy (non-hydrogen) atoms. The van der Waals surface area contributed by atoms with Gasteiger partial charge in [-0.3, -0.25) is 4.99 Å². The van der Waals surface area contributed by atoms with Crippen molar-refractivity contribution in [3.63, 3.8) is 0 Å². The van der Waals surface area contributed by atoms with Crippen LogP contribution in [-0.4, -0.2) is 27.5 Å². The zero-order valence-corrected chi connectivity index (χ0v) is 13.7. The van der Waals surface area contributed by atoms with Crippen LogP contribution in [0.2, 0.25) is 0 Å². The molecule has 6 nitrogen and oxygen atoms in total. The summed E-state index contributed by atoms with van der Waals surface area (Å²) in [5.74, 6) is 0.161. The molecule has 0 radical (unpaired) electrons. The van der Waals surface area contributed by atoms with E-state index < -0.39 is 0 Å². The van der Waals surface area contributed by atoms with E-state index in [0.29, 0.717) is 6.54 Å². The van der Waals surface area contributed by atoms with Crippen molar-refractivity contribution >= 4 is 5.96 Å². The SMILES string of the molecule is CC.Cc1cc(CCCCN=C(N)N)cc(-n2ccnn2)c1. The molecule has 2 rings (SSSR count). The molecule has 0 aliphatic heterocycles. The molecule has 0 unspecified atom stereocenters. The predicted octanol–water partition coefficient (Wildman–Crippen LogP) is 2.20. The second kappa shape index (κ2) is 9.55. The number of guanidine groups is 1. The first-order valence-corrected chi connectivity index (χ1v) is 7.68. The maximum atomic E-state index is 5.29. The molecule has 0 saturated heterocycles. The molecule has 0 aliphatic carbocycles. The molecule has 0 atom stereocenters. The fourth-order valence-corrected chi connectivity index (χ4v) is 2.11. The molecule has 0 bridgehead atoms. The van der Waals surface area contributed by atoms with Crippen LogP contribution in [0, 0.1) is 6.92 Å². The first-order chi connectivity index (χ1) is 10.6. The van der Waals surface area contributed by atoms with E-state index in [1.165, 1.54) is 11.1 Å². The molecular weight excluding hydrogens is 276 g/mol. The second-order valence-electron chi connectivity index (χ2n) is 4.79. The molecule has 120 valence electrons. The van der Waals surface area contributed by atoms with Gasteiger partial charge in [-0.15, -0.1) is 5.10 Å². The highest BCUT2D eigenvalue weighted by Crippen LogP contribution is 2.15. The highest BCUT2D eigenvalue weighted by Gasteiger charge is 2.02. The summed E-state index contributed by atoms with van der Waals surface area (Å²) in [6, 6.07) is 6.43. The number of rotatable bonds is 6. The van der Waals surface area contributed by atoms with Gasteiger partial charge in [0, 0.05) is 6.54 Å². The third-order valence-electron chi connectivity index (χ3n) is 2.98. The van der Waals surface area contributed by atoms with Crippen LogP contribution in [0.15, 0.2) is 35.6 Å². The number of aromatic nitrogens is 3. The predicted molar refractivity (Wildman–Crippen MR) is 91.1 cm³/mol. The van der Waals surface area contributed by atoms with Crippen LogP contribution in [0.5, 0.6) is 0 Å². The summed E-state index contributed by atoms with van der Waals surface area (Å²) in [7, 11) is 0. The normalized spacial score (nSPS) is 9.77. The second-order valence-corrected chi connectivity index (χ2v) is 4.79. The Labute approximate surface area is 132 Å². The van der Waals surface area contributed by atoms with E-state index in [4.69, 9.17) is 11.5 Å². The molecule has 0 saturated carbocycles. The molecule has 4 N–H and O–H groups in total. The van der Waals surface area contributed by atoms with Gasteiger partial charge >= 0.3 is 0 Å². The monoisotopic (exact) mass is 302 g/mol. The summed E-state index contributed by atoms with van der Waals surface area (Å²) in [6.07, 6.45) is 6.55. The summed E-state index contributed by atoms with van der Waals surface area (Å²) in [6.45, 7) is 6.77. The third kappa shape index (κ3) is 5.95. The Morgan fingerprint density at radius 2 is 1.95 bits per heavy atom. The van der Waals surface area contributed by atoms with Crippen molar-refractivity contribution in [2.75, 3.05) is 6.54 Å². The smallest absolute Gasteiger partial charge is 0.185 e. The molecular formula is C16H26N6. The maximum Gasteiger partial charge on any atom is 0.185 e. The van der Waals surface area contributed by atoms with Crippen LogP contribution >= 0.6 is 0 Å². The lowest BCUT2D eigenvalue weighted by Gasteiger charge is -2.07. The number of nitrogens with zero attached hydrogens (tertiary/aromatic N) is 4. The lowest BCUT2D eigenvalue weighted by atomic mass is 10.0. The first-order valence-electron chi connectivity index (χ1n) is 7.68. The minimum atomic E-state index is 0.161. The van der Waals surface area contributed by atoms with Crippen LogP contribution < -0.4 is 11.5 Å². The molecule has 1 aromatic carbocycles. The van der Waals surface area contributed by atoms with Gasteiger partial charge < -0.3 is 11.5 Å². The highest BCUT2D eigenvalue weighted by atomic mass is 15.4. The average molecular weight is 302 g/mol. The Hall–Kier alpha value is -2.37. The van der Waals surface area contributed by atoms with Gasteiger partial charge in [0.2, 0.25) is 0 Å². The first kappa shape index (κ1) is 17.7. The maximum absolute atomic E-state index is 5.29. The number of aliphatic imine (C=N–C) groups is 1. The Kier molecular flexibility index (Phi) is 7.67. The summed E-state index contributed by atoms with van der Waals surface area (Å²) in [4.78, 5) is 3.98. The summed E-state index contributed by atoms with van der Waals surface area (Å²) in [5.41, 5.74) is 14.1. The van der Waals surface area contributed by atoms with E-state index in [1.54, 1.807) is 10.9 Å². The molecule has 0 spiro atoms. The zero-order chi connectivity index (χ0) is 16.4. The number of unbranched alkanes of at least 4 members (excludes halogenated alkanes) is 1. The van der Waals surface area contributed by atoms with E-state index in [0.717, 1.165) is 24.9 Å². The standard InChI is InChI=1S/C14H20N6.C2H6/c1-11-8-12(4-2-3-5-17-14(15)16)10-13(9-11)20-7-6-18-19-20;1-2/h6-10H,2-5H2,1H3,(H4,15,16,17);1-2H3. The minimum Gasteiger partial charge on any atom is -0.370 e. The number of benzene rings is 1. The van der Waals surface area contributed by atoms with E-state index in [2.05, 4.69) is 40.4 Å². The van der Waals surface area contributed by atoms with Crippen molar-refractivity contribution in [3.05, 3.63) is 41.7 Å². The largest absolute Gasteiger partial charge is 0.370 e. The van der Waals surface area contributed by atoms with Crippen molar-refractivity contribution in [1.82, 2.24) is 15.0 Å². The molecule has 0 aliphatic rings. The van der Waals surface area contributed by atoms with Gasteiger partial charge in [-0.05, 0) is 49.4 Å². The van der Waals surface area contributed by atoms with Crippen molar-refractivity contribution in [2.45, 2.75) is 40.0 Å². The Balaban J connectivity index is 0.00000116. The Morgan fingerprint density at radius 1 is 1.18 bits per heavy atom. The van der Waals surface area contributed by atoms with Gasteiger partial charge in [0.1, 0.15) is 0 Å². The lowest BCUT2D eigenvalue weighted by molar-refractivity contribution is 0.741. The van der Waals surface area contributed by atoms with Gasteiger partial charge in [0.15, 0.2) is 5.96 Å². The van der Waals surface area contributed by atoms with Crippen LogP contribution in [0.1, 0.15) is 37.8 Å². The lowest BCUT2D eigenvalue weighted by Crippen LogP contribution is -2.22. The van der Waals surface area contributed by atoms with Gasteiger partial charge in [0.25, 0.3) is 0 Å². The van der Waals surface area contributed by atoms with Gasteiger partial charge in [-0.25, -0.2) is 4.68 Å². The number of aryl methyl sites for hydroxylation is 2. The molecule has 0 fully saturated rings. The summed E-state index contributed by atoms with van der Waals surface area (Å²) >= 11 is 0. The Morgan fingerprint density at radius 3 is 2.59 bits per heavy atom. The Bertz CT molecular complexity index is 570. The zero-order valence-electron chi connectivity index (χ0n) is 13.7. The number of nitrogens with two attached hydrogens (primary N) is 2. The molecule has 0 amide bonds. The molecule has 6 heteroatoms. The van der Waals surface area contributed by atoms with Crippen molar-refractivity contribution in [2.24, 2.45) is 16.5 Å². The van der Waals surface area contributed by atoms with E-state index >= 15 is 0 Å². The third-order valence-corrected chi connectivity index (χ3v) is 2.98. The van der Waals surface area contributed by atoms with Gasteiger partial charge in [-0.1, -0.05) is 25.1 Å². The van der Waals surface area contributed by atoms with Crippen molar-refractivity contribution < 1.29 is 0 Å². The van der Waals surface area contributed by atoms with Crippen LogP contribution in [0.3, 0.4) is 0 Å². The van der Waals surface area contributed by atoms with Crippen LogP contribution in [0.4, 0.5) is 0 Å². The molecule has 1 aromatic heterocycles.